The SMILES string of the molecule is CON=C(C(=O)N[C@@H]1C(=O)N2C(C(=O)O)=C(C=Cc3c(Cl)ncnc3Cl)CS[C@@H]12)c1csc(N)n1. The van der Waals surface area contributed by atoms with Gasteiger partial charge in [0.25, 0.3) is 11.8 Å². The second-order valence-electron chi connectivity index (χ2n) is 6.94. The first-order valence-electron chi connectivity index (χ1n) is 9.61. The largest absolute Gasteiger partial charge is 0.477 e. The number of β-lactam (4-membered cyclic amide) rings is 1. The average molecular weight is 556 g/mol. The number of carbonyl (C=O) groups excluding carboxylic acids is 2. The number of carbonyl (C=O) groups is 3. The number of nitrogens with zero attached hydrogens (tertiary/aromatic N) is 5. The van der Waals surface area contributed by atoms with Crippen molar-refractivity contribution < 1.29 is 24.3 Å². The minimum absolute atomic E-state index is 0.0956. The van der Waals surface area contributed by atoms with Crippen LogP contribution in [-0.4, -0.2) is 72.7 Å². The zero-order valence-electron chi connectivity index (χ0n) is 17.6. The third-order valence-corrected chi connectivity index (χ3v) is 7.47. The number of nitrogens with one attached hydrogen (secondary N) is 1. The van der Waals surface area contributed by atoms with E-state index in [0.717, 1.165) is 16.2 Å². The third-order valence-electron chi connectivity index (χ3n) is 4.89. The molecule has 1 fully saturated rings. The molecule has 0 spiro atoms. The average Bonchev–Trinajstić information content (AvgIpc) is 3.25. The van der Waals surface area contributed by atoms with Gasteiger partial charge in [0.2, 0.25) is 0 Å². The summed E-state index contributed by atoms with van der Waals surface area (Å²) in [5, 5.41) is 17.4. The molecular formula is C19H15Cl2N7O5S2. The Morgan fingerprint density at radius 2 is 2.06 bits per heavy atom. The van der Waals surface area contributed by atoms with E-state index >= 15 is 0 Å². The molecule has 0 radical (unpaired) electrons. The van der Waals surface area contributed by atoms with Gasteiger partial charge < -0.3 is 21.0 Å². The van der Waals surface area contributed by atoms with E-state index in [9.17, 15) is 19.5 Å². The molecule has 2 atom stereocenters. The van der Waals surface area contributed by atoms with Gasteiger partial charge in [-0.15, -0.1) is 23.1 Å². The van der Waals surface area contributed by atoms with Crippen molar-refractivity contribution in [3.05, 3.63) is 50.6 Å². The standard InChI is InChI=1S/C19H15Cl2N7O5S2/c1-33-27-10(9-5-35-19(22)25-9)15(29)26-11-16(30)28-12(18(31)32)7(4-34-17(11)28)2-3-8-13(20)23-6-24-14(8)21/h2-3,5-6,11,17H,4H2,1H3,(H2,22,25)(H,26,29)(H,31,32)/t11-,17+/m1/s1. The smallest absolute Gasteiger partial charge is 0.352 e. The van der Waals surface area contributed by atoms with Crippen molar-refractivity contribution in [3.63, 3.8) is 0 Å². The molecule has 12 nitrogen and oxygen atoms in total. The molecule has 0 bridgehead atoms. The highest BCUT2D eigenvalue weighted by Crippen LogP contribution is 2.41. The summed E-state index contributed by atoms with van der Waals surface area (Å²) in [7, 11) is 1.26. The summed E-state index contributed by atoms with van der Waals surface area (Å²) in [4.78, 5) is 55.3. The fraction of sp³-hybridized carbons (Fsp3) is 0.211. The lowest BCUT2D eigenvalue weighted by atomic mass is 10.0. The quantitative estimate of drug-likeness (QED) is 0.197. The van der Waals surface area contributed by atoms with Crippen molar-refractivity contribution in [2.45, 2.75) is 11.4 Å². The Morgan fingerprint density at radius 1 is 1.34 bits per heavy atom. The molecule has 2 aromatic rings. The van der Waals surface area contributed by atoms with Crippen molar-refractivity contribution in [1.29, 1.82) is 0 Å². The van der Waals surface area contributed by atoms with Crippen molar-refractivity contribution in [2.75, 3.05) is 18.6 Å². The molecule has 0 aliphatic carbocycles. The molecule has 35 heavy (non-hydrogen) atoms. The number of nitrogen functional groups attached to an aromatic ring is 1. The van der Waals surface area contributed by atoms with Gasteiger partial charge in [-0.1, -0.05) is 34.4 Å². The van der Waals surface area contributed by atoms with E-state index < -0.39 is 29.2 Å². The number of oxime groups is 1. The summed E-state index contributed by atoms with van der Waals surface area (Å²) in [6.07, 6.45) is 4.18. The topological polar surface area (TPSA) is 173 Å². The molecule has 1 saturated heterocycles. The molecule has 0 saturated carbocycles. The summed E-state index contributed by atoms with van der Waals surface area (Å²) in [5.41, 5.74) is 6.11. The van der Waals surface area contributed by atoms with Crippen LogP contribution in [0.15, 0.2) is 34.2 Å². The lowest BCUT2D eigenvalue weighted by Gasteiger charge is -2.49. The Hall–Kier alpha value is -3.20. The van der Waals surface area contributed by atoms with Crippen LogP contribution < -0.4 is 11.1 Å². The van der Waals surface area contributed by atoms with Gasteiger partial charge in [-0.3, -0.25) is 14.5 Å². The number of hydrogen-bond donors (Lipinski definition) is 3. The maximum absolute atomic E-state index is 12.9. The van der Waals surface area contributed by atoms with E-state index in [1.807, 2.05) is 0 Å². The van der Waals surface area contributed by atoms with E-state index in [2.05, 4.69) is 25.4 Å². The summed E-state index contributed by atoms with van der Waals surface area (Å²) in [6.45, 7) is 0. The number of fused-ring (bicyclic) bond motifs is 1. The fourth-order valence-electron chi connectivity index (χ4n) is 3.35. The predicted molar refractivity (Wildman–Crippen MR) is 131 cm³/mol. The number of nitrogens with two attached hydrogens (primary N) is 1. The van der Waals surface area contributed by atoms with E-state index in [4.69, 9.17) is 33.8 Å². The van der Waals surface area contributed by atoms with Gasteiger partial charge in [0.05, 0.1) is 0 Å². The van der Waals surface area contributed by atoms with Gasteiger partial charge >= 0.3 is 5.97 Å². The van der Waals surface area contributed by atoms with Gasteiger partial charge in [-0.2, -0.15) is 0 Å². The van der Waals surface area contributed by atoms with Crippen molar-refractivity contribution in [2.24, 2.45) is 5.16 Å². The van der Waals surface area contributed by atoms with Gasteiger partial charge in [-0.05, 0) is 11.6 Å². The highest BCUT2D eigenvalue weighted by Gasteiger charge is 2.54. The molecule has 4 heterocycles. The number of hydrogen-bond acceptors (Lipinski definition) is 11. The number of rotatable bonds is 7. The van der Waals surface area contributed by atoms with Crippen molar-refractivity contribution >= 4 is 81.0 Å². The molecule has 2 aromatic heterocycles. The Kier molecular flexibility index (Phi) is 7.25. The van der Waals surface area contributed by atoms with E-state index in [-0.39, 0.29) is 38.3 Å². The van der Waals surface area contributed by atoms with Crippen LogP contribution in [-0.2, 0) is 19.2 Å². The van der Waals surface area contributed by atoms with Crippen LogP contribution in [0.5, 0.6) is 0 Å². The molecular weight excluding hydrogens is 541 g/mol. The number of amides is 2. The Labute approximate surface area is 215 Å². The van der Waals surface area contributed by atoms with Crippen LogP contribution in [0.2, 0.25) is 10.3 Å². The zero-order chi connectivity index (χ0) is 25.3. The number of carboxylic acids is 1. The molecule has 4 rings (SSSR count). The normalized spacial score (nSPS) is 20.0. The number of aromatic nitrogens is 3. The summed E-state index contributed by atoms with van der Waals surface area (Å²) < 4.78 is 0. The van der Waals surface area contributed by atoms with Crippen LogP contribution in [0, 0.1) is 0 Å². The molecule has 2 aliphatic rings. The van der Waals surface area contributed by atoms with Crippen LogP contribution in [0.4, 0.5) is 5.13 Å². The molecule has 16 heteroatoms. The summed E-state index contributed by atoms with van der Waals surface area (Å²) in [5.74, 6) is -2.36. The highest BCUT2D eigenvalue weighted by atomic mass is 35.5. The fourth-order valence-corrected chi connectivity index (χ4v) is 5.66. The minimum atomic E-state index is -1.30. The zero-order valence-corrected chi connectivity index (χ0v) is 20.8. The van der Waals surface area contributed by atoms with Crippen LogP contribution in [0.1, 0.15) is 11.3 Å². The number of anilines is 1. The first-order chi connectivity index (χ1) is 16.7. The minimum Gasteiger partial charge on any atom is -0.477 e. The molecule has 182 valence electrons. The number of halogens is 2. The molecule has 2 aliphatic heterocycles. The lowest BCUT2D eigenvalue weighted by Crippen LogP contribution is -2.71. The summed E-state index contributed by atoms with van der Waals surface area (Å²) in [6, 6.07) is -0.975. The molecule has 0 unspecified atom stereocenters. The number of aliphatic carboxylic acids is 1. The van der Waals surface area contributed by atoms with Gasteiger partial charge in [0, 0.05) is 16.7 Å². The van der Waals surface area contributed by atoms with E-state index in [1.54, 1.807) is 0 Å². The number of thioether (sulfide) groups is 1. The van der Waals surface area contributed by atoms with Gasteiger partial charge in [0.1, 0.15) is 46.6 Å². The van der Waals surface area contributed by atoms with Crippen molar-refractivity contribution in [3.8, 4) is 0 Å². The Morgan fingerprint density at radius 3 is 2.66 bits per heavy atom. The second kappa shape index (κ2) is 10.2. The second-order valence-corrected chi connectivity index (χ2v) is 9.65. The van der Waals surface area contributed by atoms with Gasteiger partial charge in [-0.25, -0.2) is 19.7 Å². The Balaban J connectivity index is 1.56. The van der Waals surface area contributed by atoms with Crippen molar-refractivity contribution in [1.82, 2.24) is 25.2 Å². The monoisotopic (exact) mass is 555 g/mol. The Bertz CT molecular complexity index is 1290. The lowest BCUT2D eigenvalue weighted by molar-refractivity contribution is -0.150. The highest BCUT2D eigenvalue weighted by molar-refractivity contribution is 8.00. The maximum atomic E-state index is 12.9. The number of thiazole rings is 1. The maximum Gasteiger partial charge on any atom is 0.352 e. The number of allylic oxidation sites excluding steroid dienone is 1. The first kappa shape index (κ1) is 24.9. The molecule has 0 aromatic carbocycles. The summed E-state index contributed by atoms with van der Waals surface area (Å²) >= 11 is 14.5. The molecule has 2 amide bonds. The predicted octanol–water partition coefficient (Wildman–Crippen LogP) is 1.62. The first-order valence-corrected chi connectivity index (χ1v) is 12.3. The van der Waals surface area contributed by atoms with Crippen LogP contribution in [0.3, 0.4) is 0 Å². The van der Waals surface area contributed by atoms with Crippen LogP contribution >= 0.6 is 46.3 Å². The molecule has 4 N–H and O–H groups in total. The third kappa shape index (κ3) is 4.82. The van der Waals surface area contributed by atoms with E-state index in [1.165, 1.54) is 42.7 Å². The van der Waals surface area contributed by atoms with Gasteiger partial charge in [0.15, 0.2) is 10.8 Å². The van der Waals surface area contributed by atoms with Crippen LogP contribution in [0.25, 0.3) is 6.08 Å². The number of carboxylic acid groups (broad SMARTS) is 1. The van der Waals surface area contributed by atoms with E-state index in [0.29, 0.717) is 11.1 Å².